The average molecular weight is 392 g/mol. The summed E-state index contributed by atoms with van der Waals surface area (Å²) < 4.78 is 20.6. The number of carboxylic acid groups (broad SMARTS) is 1. The minimum Gasteiger partial charge on any atom is -0.502 e. The van der Waals surface area contributed by atoms with Crippen molar-refractivity contribution in [2.45, 2.75) is 19.3 Å². The molecule has 1 aromatic heterocycles. The second-order valence-electron chi connectivity index (χ2n) is 5.86. The number of aromatic hydroxyl groups is 1. The van der Waals surface area contributed by atoms with Gasteiger partial charge in [0.2, 0.25) is 11.2 Å². The first-order chi connectivity index (χ1) is 13.3. The van der Waals surface area contributed by atoms with Crippen LogP contribution in [0.5, 0.6) is 17.2 Å². The van der Waals surface area contributed by atoms with Crippen molar-refractivity contribution in [3.05, 3.63) is 51.6 Å². The maximum atomic E-state index is 12.0. The fourth-order valence-electron chi connectivity index (χ4n) is 2.63. The van der Waals surface area contributed by atoms with Gasteiger partial charge in [0, 0.05) is 6.07 Å². The average Bonchev–Trinajstić information content (AvgIpc) is 2.67. The Morgan fingerprint density at radius 1 is 1.18 bits per heavy atom. The van der Waals surface area contributed by atoms with Gasteiger partial charge in [-0.2, -0.15) is 0 Å². The van der Waals surface area contributed by atoms with Crippen molar-refractivity contribution >= 4 is 11.9 Å². The van der Waals surface area contributed by atoms with E-state index in [2.05, 4.69) is 0 Å². The highest BCUT2D eigenvalue weighted by Gasteiger charge is 2.27. The Labute approximate surface area is 160 Å². The van der Waals surface area contributed by atoms with Gasteiger partial charge in [0.1, 0.15) is 5.76 Å². The van der Waals surface area contributed by atoms with Crippen LogP contribution in [0.1, 0.15) is 29.4 Å². The number of methoxy groups -OCH3 is 2. The molecular formula is C19H20O9. The molecule has 1 aromatic carbocycles. The molecule has 0 saturated carbocycles. The number of benzene rings is 1. The second-order valence-corrected chi connectivity index (χ2v) is 5.86. The van der Waals surface area contributed by atoms with E-state index in [4.69, 9.17) is 23.7 Å². The predicted octanol–water partition coefficient (Wildman–Crippen LogP) is 1.82. The number of aliphatic carboxylic acids is 1. The highest BCUT2D eigenvalue weighted by atomic mass is 16.5. The highest BCUT2D eigenvalue weighted by molar-refractivity contribution is 5.71. The lowest BCUT2D eigenvalue weighted by Crippen LogP contribution is -2.14. The van der Waals surface area contributed by atoms with Crippen LogP contribution < -0.4 is 14.9 Å². The van der Waals surface area contributed by atoms with Crippen molar-refractivity contribution in [2.75, 3.05) is 20.8 Å². The van der Waals surface area contributed by atoms with Gasteiger partial charge < -0.3 is 28.8 Å². The topological polar surface area (TPSA) is 132 Å². The van der Waals surface area contributed by atoms with E-state index in [0.717, 1.165) is 6.07 Å². The SMILES string of the molecule is COC(=O)C[C@@H](c1ccc(OCC(=O)O)c(OC)c1)c1oc(C)cc(=O)c1O. The van der Waals surface area contributed by atoms with Gasteiger partial charge in [0.05, 0.1) is 26.6 Å². The van der Waals surface area contributed by atoms with Gasteiger partial charge in [-0.3, -0.25) is 9.59 Å². The molecule has 0 saturated heterocycles. The number of carboxylic acids is 1. The number of carbonyl (C=O) groups excluding carboxylic acids is 1. The van der Waals surface area contributed by atoms with Gasteiger partial charge in [0.15, 0.2) is 23.9 Å². The van der Waals surface area contributed by atoms with E-state index in [9.17, 15) is 19.5 Å². The molecule has 0 fully saturated rings. The molecule has 2 N–H and O–H groups in total. The summed E-state index contributed by atoms with van der Waals surface area (Å²) in [6.45, 7) is 0.984. The van der Waals surface area contributed by atoms with Gasteiger partial charge in [-0.1, -0.05) is 6.07 Å². The molecule has 9 nitrogen and oxygen atoms in total. The number of esters is 1. The normalized spacial score (nSPS) is 11.5. The number of hydrogen-bond acceptors (Lipinski definition) is 8. The Kier molecular flexibility index (Phi) is 6.64. The summed E-state index contributed by atoms with van der Waals surface area (Å²) in [5, 5.41) is 18.9. The summed E-state index contributed by atoms with van der Waals surface area (Å²) in [5.41, 5.74) is -0.170. The molecule has 0 spiro atoms. The quantitative estimate of drug-likeness (QED) is 0.645. The molecule has 0 bridgehead atoms. The van der Waals surface area contributed by atoms with Gasteiger partial charge in [-0.15, -0.1) is 0 Å². The molecule has 9 heteroatoms. The Balaban J connectivity index is 2.54. The smallest absolute Gasteiger partial charge is 0.341 e. The van der Waals surface area contributed by atoms with E-state index in [-0.39, 0.29) is 29.4 Å². The zero-order valence-corrected chi connectivity index (χ0v) is 15.6. The molecule has 2 aromatic rings. The summed E-state index contributed by atoms with van der Waals surface area (Å²) in [4.78, 5) is 34.6. The van der Waals surface area contributed by atoms with E-state index in [1.165, 1.54) is 26.4 Å². The van der Waals surface area contributed by atoms with E-state index < -0.39 is 35.6 Å². The Hall–Kier alpha value is -3.49. The standard InChI is InChI=1S/C19H20O9/c1-10-6-13(20)18(24)19(28-10)12(8-17(23)26-3)11-4-5-14(15(7-11)25-2)27-9-16(21)22/h4-7,12,24H,8-9H2,1-3H3,(H,21,22)/t12-/m0/s1. The number of carbonyl (C=O) groups is 2. The molecule has 0 aliphatic rings. The zero-order chi connectivity index (χ0) is 20.8. The molecule has 2 rings (SSSR count). The lowest BCUT2D eigenvalue weighted by molar-refractivity contribution is -0.141. The molecule has 150 valence electrons. The van der Waals surface area contributed by atoms with Crippen LogP contribution >= 0.6 is 0 Å². The van der Waals surface area contributed by atoms with E-state index in [1.54, 1.807) is 13.0 Å². The van der Waals surface area contributed by atoms with Crippen molar-refractivity contribution in [1.29, 1.82) is 0 Å². The summed E-state index contributed by atoms with van der Waals surface area (Å²) in [5.74, 6) is -2.62. The Morgan fingerprint density at radius 2 is 1.89 bits per heavy atom. The minimum absolute atomic E-state index is 0.0864. The van der Waals surface area contributed by atoms with Gasteiger partial charge in [-0.05, 0) is 24.6 Å². The maximum absolute atomic E-state index is 12.0. The number of rotatable bonds is 8. The second kappa shape index (κ2) is 8.94. The van der Waals surface area contributed by atoms with Crippen molar-refractivity contribution < 1.29 is 38.4 Å². The lowest BCUT2D eigenvalue weighted by atomic mass is 9.92. The summed E-state index contributed by atoms with van der Waals surface area (Å²) in [7, 11) is 2.58. The van der Waals surface area contributed by atoms with Crippen molar-refractivity contribution in [3.8, 4) is 17.2 Å². The van der Waals surface area contributed by atoms with Crippen LogP contribution in [-0.2, 0) is 14.3 Å². The van der Waals surface area contributed by atoms with Crippen LogP contribution in [-0.4, -0.2) is 43.0 Å². The van der Waals surface area contributed by atoms with Crippen LogP contribution in [0.4, 0.5) is 0 Å². The first-order valence-electron chi connectivity index (χ1n) is 8.19. The van der Waals surface area contributed by atoms with Crippen LogP contribution in [0.25, 0.3) is 0 Å². The van der Waals surface area contributed by atoms with Crippen LogP contribution in [0.2, 0.25) is 0 Å². The fourth-order valence-corrected chi connectivity index (χ4v) is 2.63. The minimum atomic E-state index is -1.15. The molecule has 1 atom stereocenters. The van der Waals surface area contributed by atoms with E-state index in [0.29, 0.717) is 5.56 Å². The largest absolute Gasteiger partial charge is 0.502 e. The third kappa shape index (κ3) is 4.81. The van der Waals surface area contributed by atoms with Gasteiger partial charge >= 0.3 is 11.9 Å². The third-order valence-electron chi connectivity index (χ3n) is 3.93. The fraction of sp³-hybridized carbons (Fsp3) is 0.316. The van der Waals surface area contributed by atoms with Crippen molar-refractivity contribution in [2.24, 2.45) is 0 Å². The van der Waals surface area contributed by atoms with Crippen LogP contribution in [0.15, 0.2) is 33.5 Å². The number of ether oxygens (including phenoxy) is 3. The monoisotopic (exact) mass is 392 g/mol. The van der Waals surface area contributed by atoms with Crippen LogP contribution in [0.3, 0.4) is 0 Å². The third-order valence-corrected chi connectivity index (χ3v) is 3.93. The van der Waals surface area contributed by atoms with E-state index >= 15 is 0 Å². The Morgan fingerprint density at radius 3 is 2.50 bits per heavy atom. The predicted molar refractivity (Wildman–Crippen MR) is 96.0 cm³/mol. The maximum Gasteiger partial charge on any atom is 0.341 e. The van der Waals surface area contributed by atoms with E-state index in [1.807, 2.05) is 0 Å². The molecule has 0 aliphatic heterocycles. The van der Waals surface area contributed by atoms with Crippen LogP contribution in [0, 0.1) is 6.92 Å². The molecule has 0 unspecified atom stereocenters. The van der Waals surface area contributed by atoms with Crippen molar-refractivity contribution in [3.63, 3.8) is 0 Å². The first-order valence-corrected chi connectivity index (χ1v) is 8.19. The van der Waals surface area contributed by atoms with Gasteiger partial charge in [-0.25, -0.2) is 4.79 Å². The molecule has 0 amide bonds. The molecule has 1 heterocycles. The van der Waals surface area contributed by atoms with Crippen molar-refractivity contribution in [1.82, 2.24) is 0 Å². The first kappa shape index (κ1) is 20.8. The summed E-state index contributed by atoms with van der Waals surface area (Å²) >= 11 is 0. The zero-order valence-electron chi connectivity index (χ0n) is 15.6. The summed E-state index contributed by atoms with van der Waals surface area (Å²) in [6.07, 6.45) is -0.213. The molecule has 0 aliphatic carbocycles. The van der Waals surface area contributed by atoms with Gasteiger partial charge in [0.25, 0.3) is 0 Å². The Bertz CT molecular complexity index is 929. The molecule has 28 heavy (non-hydrogen) atoms. The number of hydrogen-bond donors (Lipinski definition) is 2. The number of aryl methyl sites for hydroxylation is 1. The highest BCUT2D eigenvalue weighted by Crippen LogP contribution is 2.37. The molecular weight excluding hydrogens is 372 g/mol. The molecule has 0 radical (unpaired) electrons. The summed E-state index contributed by atoms with van der Waals surface area (Å²) in [6, 6.07) is 5.66. The lowest BCUT2D eigenvalue weighted by Gasteiger charge is -2.18.